The van der Waals surface area contributed by atoms with Crippen LogP contribution in [0.25, 0.3) is 21.7 Å². The highest BCUT2D eigenvalue weighted by Gasteiger charge is 2.10. The van der Waals surface area contributed by atoms with Crippen molar-refractivity contribution in [1.29, 1.82) is 0 Å². The van der Waals surface area contributed by atoms with E-state index in [1.807, 2.05) is 25.1 Å². The first-order valence-electron chi connectivity index (χ1n) is 5.13. The molecule has 2 aromatic heterocycles. The maximum Gasteiger partial charge on any atom is 0.197 e. The van der Waals surface area contributed by atoms with Gasteiger partial charge in [-0.05, 0) is 25.1 Å². The van der Waals surface area contributed by atoms with Crippen LogP contribution in [0.2, 0.25) is 0 Å². The zero-order valence-electron chi connectivity index (χ0n) is 9.43. The Morgan fingerprint density at radius 3 is 3.00 bits per heavy atom. The topological polar surface area (TPSA) is 48.2 Å². The predicted octanol–water partition coefficient (Wildman–Crippen LogP) is 3.27. The molecule has 0 saturated carbocycles. The van der Waals surface area contributed by atoms with Crippen molar-refractivity contribution < 1.29 is 9.15 Å². The molecule has 1 aromatic carbocycles. The van der Waals surface area contributed by atoms with Gasteiger partial charge in [-0.2, -0.15) is 0 Å². The van der Waals surface area contributed by atoms with E-state index >= 15 is 0 Å². The fourth-order valence-electron chi connectivity index (χ4n) is 1.68. The molecule has 86 valence electrons. The SMILES string of the molecule is COc1sc(-c2ccc3ncoc3c2)nc1C. The molecule has 2 heterocycles. The van der Waals surface area contributed by atoms with E-state index in [4.69, 9.17) is 9.15 Å². The van der Waals surface area contributed by atoms with E-state index in [2.05, 4.69) is 9.97 Å². The number of thiazole rings is 1. The summed E-state index contributed by atoms with van der Waals surface area (Å²) >= 11 is 1.53. The summed E-state index contributed by atoms with van der Waals surface area (Å²) in [6.45, 7) is 1.94. The van der Waals surface area contributed by atoms with Gasteiger partial charge < -0.3 is 9.15 Å². The van der Waals surface area contributed by atoms with E-state index in [0.29, 0.717) is 0 Å². The third kappa shape index (κ3) is 1.68. The number of aromatic nitrogens is 2. The first kappa shape index (κ1) is 10.3. The van der Waals surface area contributed by atoms with Gasteiger partial charge in [-0.25, -0.2) is 9.97 Å². The van der Waals surface area contributed by atoms with Gasteiger partial charge in [0.2, 0.25) is 0 Å². The molecular formula is C12H10N2O2S. The highest BCUT2D eigenvalue weighted by atomic mass is 32.1. The Hall–Kier alpha value is -1.88. The van der Waals surface area contributed by atoms with Crippen LogP contribution in [0.15, 0.2) is 29.0 Å². The minimum Gasteiger partial charge on any atom is -0.486 e. The molecule has 3 aromatic rings. The summed E-state index contributed by atoms with van der Waals surface area (Å²) in [6.07, 6.45) is 1.45. The number of nitrogens with zero attached hydrogens (tertiary/aromatic N) is 2. The molecule has 0 bridgehead atoms. The van der Waals surface area contributed by atoms with Crippen molar-refractivity contribution in [3.63, 3.8) is 0 Å². The summed E-state index contributed by atoms with van der Waals surface area (Å²) in [7, 11) is 1.66. The number of benzene rings is 1. The largest absolute Gasteiger partial charge is 0.486 e. The Morgan fingerprint density at radius 1 is 1.35 bits per heavy atom. The van der Waals surface area contributed by atoms with Crippen molar-refractivity contribution in [2.24, 2.45) is 0 Å². The molecular weight excluding hydrogens is 236 g/mol. The smallest absolute Gasteiger partial charge is 0.197 e. The molecule has 17 heavy (non-hydrogen) atoms. The maximum atomic E-state index is 5.28. The lowest BCUT2D eigenvalue weighted by Crippen LogP contribution is -1.80. The summed E-state index contributed by atoms with van der Waals surface area (Å²) in [4.78, 5) is 8.56. The molecule has 0 fully saturated rings. The van der Waals surface area contributed by atoms with Crippen LogP contribution < -0.4 is 4.74 Å². The molecule has 0 aliphatic heterocycles. The summed E-state index contributed by atoms with van der Waals surface area (Å²) in [5, 5.41) is 1.77. The van der Waals surface area contributed by atoms with Gasteiger partial charge in [-0.1, -0.05) is 11.3 Å². The first-order chi connectivity index (χ1) is 8.28. The predicted molar refractivity (Wildman–Crippen MR) is 66.4 cm³/mol. The second-order valence-electron chi connectivity index (χ2n) is 3.63. The second kappa shape index (κ2) is 3.85. The fourth-order valence-corrected chi connectivity index (χ4v) is 2.56. The van der Waals surface area contributed by atoms with Crippen LogP contribution in [0.5, 0.6) is 5.06 Å². The second-order valence-corrected chi connectivity index (χ2v) is 4.59. The minimum atomic E-state index is 0.773. The number of ether oxygens (including phenoxy) is 1. The van der Waals surface area contributed by atoms with Crippen LogP contribution in [0, 0.1) is 6.92 Å². The molecule has 0 aliphatic rings. The number of methoxy groups -OCH3 is 1. The number of oxazole rings is 1. The monoisotopic (exact) mass is 246 g/mol. The number of aryl methyl sites for hydroxylation is 1. The van der Waals surface area contributed by atoms with Crippen molar-refractivity contribution in [2.45, 2.75) is 6.92 Å². The highest BCUT2D eigenvalue weighted by molar-refractivity contribution is 7.17. The molecule has 3 rings (SSSR count). The van der Waals surface area contributed by atoms with E-state index in [9.17, 15) is 0 Å². The molecule has 0 amide bonds. The molecule has 5 heteroatoms. The standard InChI is InChI=1S/C12H10N2O2S/c1-7-12(15-2)17-11(14-7)8-3-4-9-10(5-8)16-6-13-9/h3-6H,1-2H3. The zero-order chi connectivity index (χ0) is 11.8. The van der Waals surface area contributed by atoms with Crippen molar-refractivity contribution in [3.8, 4) is 15.6 Å². The highest BCUT2D eigenvalue weighted by Crippen LogP contribution is 2.34. The van der Waals surface area contributed by atoms with Gasteiger partial charge in [0.15, 0.2) is 17.0 Å². The summed E-state index contributed by atoms with van der Waals surface area (Å²) in [6, 6.07) is 5.86. The van der Waals surface area contributed by atoms with Crippen LogP contribution in [0.1, 0.15) is 5.69 Å². The van der Waals surface area contributed by atoms with Crippen LogP contribution in [0.3, 0.4) is 0 Å². The molecule has 0 saturated heterocycles. The molecule has 0 N–H and O–H groups in total. The van der Waals surface area contributed by atoms with Crippen molar-refractivity contribution >= 4 is 22.4 Å². The molecule has 0 atom stereocenters. The summed E-state index contributed by atoms with van der Waals surface area (Å²) in [5.41, 5.74) is 3.55. The molecule has 0 aliphatic carbocycles. The quantitative estimate of drug-likeness (QED) is 0.696. The average Bonchev–Trinajstić information content (AvgIpc) is 2.93. The average molecular weight is 246 g/mol. The van der Waals surface area contributed by atoms with E-state index in [1.165, 1.54) is 17.7 Å². The Morgan fingerprint density at radius 2 is 2.24 bits per heavy atom. The Labute approximate surface area is 102 Å². The van der Waals surface area contributed by atoms with Crippen LogP contribution in [-0.4, -0.2) is 17.1 Å². The van der Waals surface area contributed by atoms with E-state index in [0.717, 1.165) is 32.4 Å². The van der Waals surface area contributed by atoms with Crippen LogP contribution >= 0.6 is 11.3 Å². The van der Waals surface area contributed by atoms with Crippen molar-refractivity contribution in [1.82, 2.24) is 9.97 Å². The Kier molecular flexibility index (Phi) is 2.33. The lowest BCUT2D eigenvalue weighted by atomic mass is 10.2. The zero-order valence-corrected chi connectivity index (χ0v) is 10.2. The molecule has 0 unspecified atom stereocenters. The van der Waals surface area contributed by atoms with Gasteiger partial charge in [0.25, 0.3) is 0 Å². The van der Waals surface area contributed by atoms with Gasteiger partial charge in [0.05, 0.1) is 12.8 Å². The van der Waals surface area contributed by atoms with E-state index in [1.54, 1.807) is 7.11 Å². The van der Waals surface area contributed by atoms with E-state index in [-0.39, 0.29) is 0 Å². The van der Waals surface area contributed by atoms with Crippen LogP contribution in [0.4, 0.5) is 0 Å². The maximum absolute atomic E-state index is 5.28. The van der Waals surface area contributed by atoms with E-state index < -0.39 is 0 Å². The lowest BCUT2D eigenvalue weighted by molar-refractivity contribution is 0.423. The number of fused-ring (bicyclic) bond motifs is 1. The van der Waals surface area contributed by atoms with Crippen molar-refractivity contribution in [2.75, 3.05) is 7.11 Å². The molecule has 0 spiro atoms. The lowest BCUT2D eigenvalue weighted by Gasteiger charge is -1.94. The van der Waals surface area contributed by atoms with Crippen LogP contribution in [-0.2, 0) is 0 Å². The summed E-state index contributed by atoms with van der Waals surface area (Å²) < 4.78 is 10.5. The molecule has 4 nitrogen and oxygen atoms in total. The van der Waals surface area contributed by atoms with Gasteiger partial charge in [0.1, 0.15) is 10.5 Å². The Balaban J connectivity index is 2.12. The van der Waals surface area contributed by atoms with Gasteiger partial charge in [-0.15, -0.1) is 0 Å². The number of hydrogen-bond acceptors (Lipinski definition) is 5. The van der Waals surface area contributed by atoms with Gasteiger partial charge in [-0.3, -0.25) is 0 Å². The molecule has 0 radical (unpaired) electrons. The van der Waals surface area contributed by atoms with Gasteiger partial charge >= 0.3 is 0 Å². The third-order valence-electron chi connectivity index (χ3n) is 2.52. The minimum absolute atomic E-state index is 0.773. The summed E-state index contributed by atoms with van der Waals surface area (Å²) in [5.74, 6) is 0. The number of rotatable bonds is 2. The third-order valence-corrected chi connectivity index (χ3v) is 3.69. The normalized spacial score (nSPS) is 10.9. The Bertz CT molecular complexity index is 672. The number of hydrogen-bond donors (Lipinski definition) is 0. The first-order valence-corrected chi connectivity index (χ1v) is 5.94. The fraction of sp³-hybridized carbons (Fsp3) is 0.167. The van der Waals surface area contributed by atoms with Gasteiger partial charge in [0, 0.05) is 5.56 Å². The van der Waals surface area contributed by atoms with Crippen molar-refractivity contribution in [3.05, 3.63) is 30.3 Å².